The van der Waals surface area contributed by atoms with Gasteiger partial charge in [-0.3, -0.25) is 9.59 Å². The second kappa shape index (κ2) is 5.46. The van der Waals surface area contributed by atoms with Crippen LogP contribution < -0.4 is 11.1 Å². The number of anilines is 1. The normalized spacial score (nSPS) is 24.1. The first-order chi connectivity index (χ1) is 9.66. The summed E-state index contributed by atoms with van der Waals surface area (Å²) in [7, 11) is 0. The SMILES string of the molecule is NC(=O)c1ccsc1NC(=O)C1SCC2CC=CC=C21. The van der Waals surface area contributed by atoms with Crippen molar-refractivity contribution in [2.75, 3.05) is 11.1 Å². The summed E-state index contributed by atoms with van der Waals surface area (Å²) < 4.78 is 0. The summed E-state index contributed by atoms with van der Waals surface area (Å²) in [6.45, 7) is 0. The molecule has 2 aliphatic rings. The van der Waals surface area contributed by atoms with E-state index in [2.05, 4.69) is 11.4 Å². The topological polar surface area (TPSA) is 72.2 Å². The van der Waals surface area contributed by atoms with E-state index in [1.54, 1.807) is 23.2 Å². The molecule has 1 fully saturated rings. The zero-order valence-corrected chi connectivity index (χ0v) is 12.3. The fraction of sp³-hybridized carbons (Fsp3) is 0.286. The van der Waals surface area contributed by atoms with E-state index >= 15 is 0 Å². The molecule has 2 amide bonds. The number of hydrogen-bond acceptors (Lipinski definition) is 4. The highest BCUT2D eigenvalue weighted by atomic mass is 32.2. The van der Waals surface area contributed by atoms with Crippen LogP contribution in [0.3, 0.4) is 0 Å². The first-order valence-electron chi connectivity index (χ1n) is 6.33. The van der Waals surface area contributed by atoms with Gasteiger partial charge in [-0.1, -0.05) is 18.2 Å². The summed E-state index contributed by atoms with van der Waals surface area (Å²) in [5.74, 6) is 0.864. The zero-order chi connectivity index (χ0) is 14.1. The van der Waals surface area contributed by atoms with Crippen LogP contribution >= 0.6 is 23.1 Å². The minimum Gasteiger partial charge on any atom is -0.366 e. The quantitative estimate of drug-likeness (QED) is 0.900. The Balaban J connectivity index is 1.77. The minimum absolute atomic E-state index is 0.0657. The van der Waals surface area contributed by atoms with Gasteiger partial charge < -0.3 is 11.1 Å². The molecule has 3 N–H and O–H groups in total. The molecule has 104 valence electrons. The van der Waals surface area contributed by atoms with Crippen molar-refractivity contribution >= 4 is 39.9 Å². The van der Waals surface area contributed by atoms with E-state index < -0.39 is 5.91 Å². The number of fused-ring (bicyclic) bond motifs is 1. The highest BCUT2D eigenvalue weighted by Crippen LogP contribution is 2.41. The number of carbonyl (C=O) groups is 2. The molecule has 2 atom stereocenters. The summed E-state index contributed by atoms with van der Waals surface area (Å²) in [4.78, 5) is 23.7. The van der Waals surface area contributed by atoms with Crippen molar-refractivity contribution in [2.24, 2.45) is 11.7 Å². The number of nitrogens with two attached hydrogens (primary N) is 1. The number of nitrogens with one attached hydrogen (secondary N) is 1. The third kappa shape index (κ3) is 2.41. The van der Waals surface area contributed by atoms with Crippen LogP contribution in [-0.4, -0.2) is 22.8 Å². The Morgan fingerprint density at radius 1 is 1.40 bits per heavy atom. The van der Waals surface area contributed by atoms with Gasteiger partial charge in [-0.05, 0) is 29.4 Å². The van der Waals surface area contributed by atoms with Crippen LogP contribution in [-0.2, 0) is 4.79 Å². The number of amides is 2. The maximum atomic E-state index is 12.4. The Labute approximate surface area is 125 Å². The van der Waals surface area contributed by atoms with Gasteiger partial charge in [-0.25, -0.2) is 0 Å². The Kier molecular flexibility index (Phi) is 3.67. The second-order valence-corrected chi connectivity index (χ2v) is 6.81. The number of carbonyl (C=O) groups excluding carboxylic acids is 2. The van der Waals surface area contributed by atoms with Crippen LogP contribution in [0.15, 0.2) is 35.2 Å². The third-order valence-corrected chi connectivity index (χ3v) is 5.73. The maximum Gasteiger partial charge on any atom is 0.251 e. The molecule has 0 saturated carbocycles. The van der Waals surface area contributed by atoms with E-state index in [-0.39, 0.29) is 11.2 Å². The van der Waals surface area contributed by atoms with Crippen LogP contribution in [0.5, 0.6) is 0 Å². The van der Waals surface area contributed by atoms with Gasteiger partial charge in [-0.15, -0.1) is 23.1 Å². The number of rotatable bonds is 3. The van der Waals surface area contributed by atoms with Gasteiger partial charge >= 0.3 is 0 Å². The van der Waals surface area contributed by atoms with Crippen molar-refractivity contribution in [2.45, 2.75) is 11.7 Å². The van der Waals surface area contributed by atoms with Gasteiger partial charge in [0.15, 0.2) is 0 Å². The molecule has 20 heavy (non-hydrogen) atoms. The number of allylic oxidation sites excluding steroid dienone is 3. The van der Waals surface area contributed by atoms with E-state index in [4.69, 9.17) is 5.73 Å². The second-order valence-electron chi connectivity index (χ2n) is 4.76. The van der Waals surface area contributed by atoms with Crippen LogP contribution in [0, 0.1) is 5.92 Å². The molecular formula is C14H14N2O2S2. The van der Waals surface area contributed by atoms with Crippen molar-refractivity contribution < 1.29 is 9.59 Å². The maximum absolute atomic E-state index is 12.4. The number of hydrogen-bond donors (Lipinski definition) is 2. The van der Waals surface area contributed by atoms with Crippen LogP contribution in [0.4, 0.5) is 5.00 Å². The monoisotopic (exact) mass is 306 g/mol. The van der Waals surface area contributed by atoms with Crippen molar-refractivity contribution in [3.05, 3.63) is 40.8 Å². The van der Waals surface area contributed by atoms with Gasteiger partial charge in [0.2, 0.25) is 5.91 Å². The smallest absolute Gasteiger partial charge is 0.251 e. The molecular weight excluding hydrogens is 292 g/mol. The molecule has 6 heteroatoms. The summed E-state index contributed by atoms with van der Waals surface area (Å²) in [6, 6.07) is 1.63. The summed E-state index contributed by atoms with van der Waals surface area (Å²) in [6.07, 6.45) is 7.20. The summed E-state index contributed by atoms with van der Waals surface area (Å²) in [5.41, 5.74) is 6.85. The molecule has 1 aromatic rings. The molecule has 0 radical (unpaired) electrons. The van der Waals surface area contributed by atoms with E-state index in [1.165, 1.54) is 16.9 Å². The molecule has 1 aliphatic carbocycles. The van der Waals surface area contributed by atoms with E-state index in [9.17, 15) is 9.59 Å². The molecule has 0 spiro atoms. The Bertz CT molecular complexity index is 618. The lowest BCUT2D eigenvalue weighted by Gasteiger charge is -2.16. The third-order valence-electron chi connectivity index (χ3n) is 3.49. The van der Waals surface area contributed by atoms with Gasteiger partial charge in [0.05, 0.1) is 5.56 Å². The highest BCUT2D eigenvalue weighted by molar-refractivity contribution is 8.01. The molecule has 2 unspecified atom stereocenters. The summed E-state index contributed by atoms with van der Waals surface area (Å²) >= 11 is 2.98. The fourth-order valence-electron chi connectivity index (χ4n) is 2.47. The molecule has 3 rings (SSSR count). The Hall–Kier alpha value is -1.53. The van der Waals surface area contributed by atoms with E-state index in [0.29, 0.717) is 16.5 Å². The van der Waals surface area contributed by atoms with E-state index in [1.807, 2.05) is 12.2 Å². The molecule has 2 heterocycles. The van der Waals surface area contributed by atoms with Gasteiger partial charge in [0, 0.05) is 5.75 Å². The average Bonchev–Trinajstić information content (AvgIpc) is 3.04. The first-order valence-corrected chi connectivity index (χ1v) is 8.26. The fourth-order valence-corrected chi connectivity index (χ4v) is 4.70. The molecule has 1 aliphatic heterocycles. The predicted molar refractivity (Wildman–Crippen MR) is 83.0 cm³/mol. The number of thioether (sulfide) groups is 1. The zero-order valence-electron chi connectivity index (χ0n) is 10.7. The Morgan fingerprint density at radius 2 is 2.25 bits per heavy atom. The van der Waals surface area contributed by atoms with Crippen molar-refractivity contribution in [3.63, 3.8) is 0 Å². The Morgan fingerprint density at radius 3 is 3.05 bits per heavy atom. The average molecular weight is 306 g/mol. The highest BCUT2D eigenvalue weighted by Gasteiger charge is 2.36. The van der Waals surface area contributed by atoms with Crippen LogP contribution in [0.2, 0.25) is 0 Å². The molecule has 0 bridgehead atoms. The lowest BCUT2D eigenvalue weighted by atomic mass is 9.91. The predicted octanol–water partition coefficient (Wildman–Crippen LogP) is 2.40. The van der Waals surface area contributed by atoms with Crippen LogP contribution in [0.25, 0.3) is 0 Å². The lowest BCUT2D eigenvalue weighted by molar-refractivity contribution is -0.115. The van der Waals surface area contributed by atoms with Gasteiger partial charge in [0.25, 0.3) is 5.91 Å². The standard InChI is InChI=1S/C14H14N2O2S2/c15-12(17)10-5-6-19-14(10)16-13(18)11-9-4-2-1-3-8(9)7-20-11/h1-2,4-6,8,11H,3,7H2,(H2,15,17)(H,16,18). The molecule has 0 aromatic carbocycles. The van der Waals surface area contributed by atoms with Crippen molar-refractivity contribution in [1.82, 2.24) is 0 Å². The molecule has 1 saturated heterocycles. The summed E-state index contributed by atoms with van der Waals surface area (Å²) in [5, 5.41) is 4.97. The number of primary amides is 1. The minimum atomic E-state index is -0.515. The largest absolute Gasteiger partial charge is 0.366 e. The van der Waals surface area contributed by atoms with E-state index in [0.717, 1.165) is 12.2 Å². The number of thiophene rings is 1. The first kappa shape index (κ1) is 13.5. The van der Waals surface area contributed by atoms with Crippen LogP contribution in [0.1, 0.15) is 16.8 Å². The molecule has 4 nitrogen and oxygen atoms in total. The van der Waals surface area contributed by atoms with Crippen molar-refractivity contribution in [1.29, 1.82) is 0 Å². The molecule has 1 aromatic heterocycles. The van der Waals surface area contributed by atoms with Gasteiger partial charge in [-0.2, -0.15) is 0 Å². The van der Waals surface area contributed by atoms with Crippen molar-refractivity contribution in [3.8, 4) is 0 Å². The lowest BCUT2D eigenvalue weighted by Crippen LogP contribution is -2.26. The van der Waals surface area contributed by atoms with Gasteiger partial charge in [0.1, 0.15) is 10.3 Å².